The highest BCUT2D eigenvalue weighted by molar-refractivity contribution is 9.10. The summed E-state index contributed by atoms with van der Waals surface area (Å²) in [4.78, 5) is 13.8. The highest BCUT2D eigenvalue weighted by Gasteiger charge is 2.20. The van der Waals surface area contributed by atoms with Crippen LogP contribution >= 0.6 is 28.3 Å². The Morgan fingerprint density at radius 1 is 1.53 bits per heavy atom. The number of amides is 1. The molecule has 0 aliphatic carbocycles. The zero-order valence-electron chi connectivity index (χ0n) is 10.8. The number of ether oxygens (including phenoxy) is 1. The van der Waals surface area contributed by atoms with E-state index in [9.17, 15) is 4.79 Å². The molecule has 1 aliphatic rings. The Morgan fingerprint density at radius 3 is 2.95 bits per heavy atom. The largest absolute Gasteiger partial charge is 0.483 e. The summed E-state index contributed by atoms with van der Waals surface area (Å²) in [6.07, 6.45) is 0. The summed E-state index contributed by atoms with van der Waals surface area (Å²) in [5.74, 6) is 0.744. The monoisotopic (exact) mass is 348 g/mol. The Balaban J connectivity index is 0.00000180. The van der Waals surface area contributed by atoms with E-state index in [2.05, 4.69) is 28.2 Å². The fraction of sp³-hybridized carbons (Fsp3) is 0.462. The van der Waals surface area contributed by atoms with E-state index < -0.39 is 0 Å². The maximum Gasteiger partial charge on any atom is 0.260 e. The Labute approximate surface area is 128 Å². The highest BCUT2D eigenvalue weighted by Crippen LogP contribution is 2.23. The van der Waals surface area contributed by atoms with Crippen LogP contribution in [0, 0.1) is 0 Å². The number of carbonyl (C=O) groups excluding carboxylic acids is 1. The minimum atomic E-state index is 0. The van der Waals surface area contributed by atoms with Gasteiger partial charge in [-0.25, -0.2) is 0 Å². The van der Waals surface area contributed by atoms with Gasteiger partial charge in [0.25, 0.3) is 5.91 Å². The summed E-state index contributed by atoms with van der Waals surface area (Å²) in [5.41, 5.74) is 0. The van der Waals surface area contributed by atoms with Crippen molar-refractivity contribution in [3.63, 3.8) is 0 Å². The molecule has 1 fully saturated rings. The third kappa shape index (κ3) is 4.67. The second-order valence-corrected chi connectivity index (χ2v) is 5.27. The Bertz CT molecular complexity index is 431. The topological polar surface area (TPSA) is 41.6 Å². The van der Waals surface area contributed by atoms with Crippen molar-refractivity contribution < 1.29 is 9.53 Å². The van der Waals surface area contributed by atoms with Crippen molar-refractivity contribution in [2.75, 3.05) is 26.2 Å². The lowest BCUT2D eigenvalue weighted by molar-refractivity contribution is -0.134. The molecule has 0 radical (unpaired) electrons. The van der Waals surface area contributed by atoms with Crippen LogP contribution in [0.3, 0.4) is 0 Å². The molecule has 0 spiro atoms. The Morgan fingerprint density at radius 2 is 2.26 bits per heavy atom. The third-order valence-electron chi connectivity index (χ3n) is 2.91. The quantitative estimate of drug-likeness (QED) is 0.908. The second-order valence-electron chi connectivity index (χ2n) is 4.41. The van der Waals surface area contributed by atoms with E-state index in [1.54, 1.807) is 0 Å². The van der Waals surface area contributed by atoms with Crippen LogP contribution in [-0.4, -0.2) is 43.1 Å². The molecule has 0 bridgehead atoms. The van der Waals surface area contributed by atoms with Gasteiger partial charge in [0.2, 0.25) is 0 Å². The highest BCUT2D eigenvalue weighted by atomic mass is 79.9. The van der Waals surface area contributed by atoms with Crippen molar-refractivity contribution in [1.29, 1.82) is 0 Å². The summed E-state index contributed by atoms with van der Waals surface area (Å²) in [5, 5.41) is 3.31. The molecule has 1 atom stereocenters. The van der Waals surface area contributed by atoms with Crippen LogP contribution in [0.1, 0.15) is 6.92 Å². The van der Waals surface area contributed by atoms with Gasteiger partial charge in [0.1, 0.15) is 5.75 Å². The van der Waals surface area contributed by atoms with Crippen molar-refractivity contribution in [3.05, 3.63) is 28.7 Å². The summed E-state index contributed by atoms with van der Waals surface area (Å²) < 4.78 is 6.40. The Hall–Kier alpha value is -0.780. The molecule has 19 heavy (non-hydrogen) atoms. The maximum absolute atomic E-state index is 12.0. The lowest BCUT2D eigenvalue weighted by Gasteiger charge is -2.31. The summed E-state index contributed by atoms with van der Waals surface area (Å²) in [7, 11) is 0. The van der Waals surface area contributed by atoms with Gasteiger partial charge < -0.3 is 15.0 Å². The first-order valence-electron chi connectivity index (χ1n) is 6.05. The number of hydrogen-bond acceptors (Lipinski definition) is 3. The number of benzene rings is 1. The van der Waals surface area contributed by atoms with Gasteiger partial charge in [-0.3, -0.25) is 4.79 Å². The van der Waals surface area contributed by atoms with Crippen LogP contribution in [0.5, 0.6) is 5.75 Å². The average molecular weight is 350 g/mol. The molecule has 1 aromatic rings. The molecular weight excluding hydrogens is 332 g/mol. The summed E-state index contributed by atoms with van der Waals surface area (Å²) >= 11 is 3.39. The number of halogens is 2. The normalized spacial score (nSPS) is 18.6. The van der Waals surface area contributed by atoms with Gasteiger partial charge in [-0.05, 0) is 35.0 Å². The standard InChI is InChI=1S/C13H17BrN2O2.ClH/c1-10-8-16(7-6-15-10)13(17)9-18-12-5-3-2-4-11(12)14;/h2-5,10,15H,6-9H2,1H3;1H/t10-;/m1./s1. The predicted octanol–water partition coefficient (Wildman–Crippen LogP) is 2.07. The van der Waals surface area contributed by atoms with Crippen LogP contribution in [-0.2, 0) is 4.79 Å². The van der Waals surface area contributed by atoms with E-state index in [1.807, 2.05) is 29.2 Å². The van der Waals surface area contributed by atoms with Gasteiger partial charge in [-0.1, -0.05) is 12.1 Å². The van der Waals surface area contributed by atoms with Gasteiger partial charge in [0.05, 0.1) is 4.47 Å². The minimum absolute atomic E-state index is 0. The molecule has 1 aliphatic heterocycles. The zero-order chi connectivity index (χ0) is 13.0. The third-order valence-corrected chi connectivity index (χ3v) is 3.56. The van der Waals surface area contributed by atoms with E-state index in [0.29, 0.717) is 11.8 Å². The van der Waals surface area contributed by atoms with Crippen molar-refractivity contribution >= 4 is 34.2 Å². The molecule has 1 amide bonds. The molecule has 4 nitrogen and oxygen atoms in total. The second kappa shape index (κ2) is 7.72. The van der Waals surface area contributed by atoms with E-state index in [-0.39, 0.29) is 24.9 Å². The molecular formula is C13H18BrClN2O2. The van der Waals surface area contributed by atoms with Gasteiger partial charge in [-0.2, -0.15) is 0 Å². The maximum atomic E-state index is 12.0. The first-order chi connectivity index (χ1) is 8.66. The minimum Gasteiger partial charge on any atom is -0.483 e. The van der Waals surface area contributed by atoms with E-state index in [4.69, 9.17) is 4.74 Å². The summed E-state index contributed by atoms with van der Waals surface area (Å²) in [6, 6.07) is 7.89. The number of hydrogen-bond donors (Lipinski definition) is 1. The molecule has 106 valence electrons. The number of nitrogens with one attached hydrogen (secondary N) is 1. The van der Waals surface area contributed by atoms with Gasteiger partial charge >= 0.3 is 0 Å². The molecule has 1 aromatic carbocycles. The van der Waals surface area contributed by atoms with Crippen LogP contribution in [0.25, 0.3) is 0 Å². The first-order valence-corrected chi connectivity index (χ1v) is 6.84. The van der Waals surface area contributed by atoms with E-state index in [1.165, 1.54) is 0 Å². The number of rotatable bonds is 3. The zero-order valence-corrected chi connectivity index (χ0v) is 13.2. The first kappa shape index (κ1) is 16.3. The van der Waals surface area contributed by atoms with Crippen molar-refractivity contribution in [1.82, 2.24) is 10.2 Å². The van der Waals surface area contributed by atoms with Crippen molar-refractivity contribution in [2.24, 2.45) is 0 Å². The number of piperazine rings is 1. The SMILES string of the molecule is C[C@@H]1CN(C(=O)COc2ccccc2Br)CCN1.Cl. The van der Waals surface area contributed by atoms with Crippen molar-refractivity contribution in [3.8, 4) is 5.75 Å². The van der Waals surface area contributed by atoms with Gasteiger partial charge in [0.15, 0.2) is 6.61 Å². The fourth-order valence-corrected chi connectivity index (χ4v) is 2.35. The van der Waals surface area contributed by atoms with E-state index in [0.717, 1.165) is 24.1 Å². The van der Waals surface area contributed by atoms with Crippen LogP contribution in [0.4, 0.5) is 0 Å². The predicted molar refractivity (Wildman–Crippen MR) is 80.9 cm³/mol. The Kier molecular flexibility index (Phi) is 6.62. The number of para-hydroxylation sites is 1. The fourth-order valence-electron chi connectivity index (χ4n) is 1.95. The van der Waals surface area contributed by atoms with Crippen LogP contribution in [0.2, 0.25) is 0 Å². The molecule has 0 saturated carbocycles. The van der Waals surface area contributed by atoms with Gasteiger partial charge in [-0.15, -0.1) is 12.4 Å². The molecule has 1 saturated heterocycles. The molecule has 0 aromatic heterocycles. The molecule has 1 N–H and O–H groups in total. The average Bonchev–Trinajstić information content (AvgIpc) is 2.37. The molecule has 1 heterocycles. The van der Waals surface area contributed by atoms with Crippen molar-refractivity contribution in [2.45, 2.75) is 13.0 Å². The molecule has 0 unspecified atom stereocenters. The van der Waals surface area contributed by atoms with Crippen LogP contribution < -0.4 is 10.1 Å². The lowest BCUT2D eigenvalue weighted by Crippen LogP contribution is -2.52. The summed E-state index contributed by atoms with van der Waals surface area (Å²) in [6.45, 7) is 4.52. The lowest BCUT2D eigenvalue weighted by atomic mass is 10.2. The van der Waals surface area contributed by atoms with Gasteiger partial charge in [0, 0.05) is 25.7 Å². The van der Waals surface area contributed by atoms with Crippen LogP contribution in [0.15, 0.2) is 28.7 Å². The van der Waals surface area contributed by atoms with E-state index >= 15 is 0 Å². The molecule has 6 heteroatoms. The number of carbonyl (C=O) groups is 1. The number of nitrogens with zero attached hydrogens (tertiary/aromatic N) is 1. The molecule has 2 rings (SSSR count). The smallest absolute Gasteiger partial charge is 0.260 e.